The molecule has 1 aromatic heterocycles. The number of hydrogen-bond acceptors (Lipinski definition) is 6. The lowest BCUT2D eigenvalue weighted by Gasteiger charge is -2.09. The van der Waals surface area contributed by atoms with Crippen LogP contribution in [0.3, 0.4) is 0 Å². The van der Waals surface area contributed by atoms with E-state index in [0.717, 1.165) is 10.6 Å². The molecule has 2 rings (SSSR count). The van der Waals surface area contributed by atoms with Crippen LogP contribution < -0.4 is 14.8 Å². The highest BCUT2D eigenvalue weighted by molar-refractivity contribution is 7.17. The van der Waals surface area contributed by atoms with Crippen molar-refractivity contribution in [1.82, 2.24) is 10.3 Å². The molecule has 0 bridgehead atoms. The number of aryl methyl sites for hydroxylation is 1. The molecule has 0 radical (unpaired) electrons. The first-order valence-corrected chi connectivity index (χ1v) is 7.93. The number of nitrogens with zero attached hydrogens (tertiary/aromatic N) is 1. The van der Waals surface area contributed by atoms with Gasteiger partial charge < -0.3 is 19.9 Å². The van der Waals surface area contributed by atoms with Crippen molar-refractivity contribution in [2.45, 2.75) is 19.9 Å². The Kier molecular flexibility index (Phi) is 5.57. The van der Waals surface area contributed by atoms with E-state index in [1.165, 1.54) is 11.3 Å². The number of ether oxygens (including phenoxy) is 2. The first-order chi connectivity index (χ1) is 11.0. The first-order valence-electron chi connectivity index (χ1n) is 7.11. The molecule has 7 heteroatoms. The molecule has 1 unspecified atom stereocenters. The molecule has 23 heavy (non-hydrogen) atoms. The monoisotopic (exact) mass is 336 g/mol. The zero-order valence-electron chi connectivity index (χ0n) is 13.5. The topological polar surface area (TPSA) is 80.7 Å². The summed E-state index contributed by atoms with van der Waals surface area (Å²) in [4.78, 5) is 17.2. The predicted octanol–water partition coefficient (Wildman–Crippen LogP) is 2.25. The van der Waals surface area contributed by atoms with Gasteiger partial charge in [0.25, 0.3) is 5.91 Å². The number of aromatic nitrogens is 1. The van der Waals surface area contributed by atoms with Crippen LogP contribution in [0.25, 0.3) is 10.6 Å². The second kappa shape index (κ2) is 7.43. The molecule has 0 aliphatic heterocycles. The first kappa shape index (κ1) is 17.2. The van der Waals surface area contributed by atoms with Gasteiger partial charge in [0, 0.05) is 11.6 Å². The molecule has 0 saturated carbocycles. The van der Waals surface area contributed by atoms with Crippen LogP contribution >= 0.6 is 11.3 Å². The minimum absolute atomic E-state index is 0.105. The maximum Gasteiger partial charge on any atom is 0.263 e. The Hall–Kier alpha value is -2.12. The second-order valence-corrected chi connectivity index (χ2v) is 6.06. The Labute approximate surface area is 139 Å². The van der Waals surface area contributed by atoms with Gasteiger partial charge in [0.1, 0.15) is 9.88 Å². The fourth-order valence-electron chi connectivity index (χ4n) is 2.03. The molecule has 1 heterocycles. The SMILES string of the molecule is COc1ccc(-c2nc(C)c(C(=O)NC(C)CO)s2)cc1OC. The molecular formula is C16H20N2O4S. The van der Waals surface area contributed by atoms with Crippen molar-refractivity contribution in [3.05, 3.63) is 28.8 Å². The van der Waals surface area contributed by atoms with Gasteiger partial charge in [-0.1, -0.05) is 0 Å². The van der Waals surface area contributed by atoms with E-state index >= 15 is 0 Å². The molecule has 0 saturated heterocycles. The fraction of sp³-hybridized carbons (Fsp3) is 0.375. The highest BCUT2D eigenvalue weighted by Crippen LogP contribution is 2.34. The number of nitrogens with one attached hydrogen (secondary N) is 1. The van der Waals surface area contributed by atoms with Crippen LogP contribution in [0, 0.1) is 6.92 Å². The van der Waals surface area contributed by atoms with Crippen molar-refractivity contribution in [2.75, 3.05) is 20.8 Å². The van der Waals surface area contributed by atoms with E-state index in [9.17, 15) is 4.79 Å². The van der Waals surface area contributed by atoms with Crippen LogP contribution in [0.4, 0.5) is 0 Å². The number of methoxy groups -OCH3 is 2. The van der Waals surface area contributed by atoms with Crippen LogP contribution in [0.2, 0.25) is 0 Å². The summed E-state index contributed by atoms with van der Waals surface area (Å²) in [6, 6.07) is 5.21. The zero-order chi connectivity index (χ0) is 17.0. The molecular weight excluding hydrogens is 316 g/mol. The Balaban J connectivity index is 2.32. The smallest absolute Gasteiger partial charge is 0.263 e. The summed E-state index contributed by atoms with van der Waals surface area (Å²) < 4.78 is 10.5. The maximum atomic E-state index is 12.2. The summed E-state index contributed by atoms with van der Waals surface area (Å²) in [6.45, 7) is 3.43. The van der Waals surface area contributed by atoms with Gasteiger partial charge >= 0.3 is 0 Å². The minimum atomic E-state index is -0.298. The largest absolute Gasteiger partial charge is 0.493 e. The van der Waals surface area contributed by atoms with E-state index in [1.807, 2.05) is 12.1 Å². The molecule has 0 fully saturated rings. The van der Waals surface area contributed by atoms with Gasteiger partial charge in [-0.3, -0.25) is 4.79 Å². The van der Waals surface area contributed by atoms with Gasteiger partial charge in [0.05, 0.1) is 26.5 Å². The van der Waals surface area contributed by atoms with E-state index in [1.54, 1.807) is 34.1 Å². The van der Waals surface area contributed by atoms with Crippen LogP contribution in [-0.2, 0) is 0 Å². The number of benzene rings is 1. The number of thiazole rings is 1. The molecule has 1 aromatic carbocycles. The lowest BCUT2D eigenvalue weighted by Crippen LogP contribution is -2.34. The second-order valence-electron chi connectivity index (χ2n) is 5.06. The van der Waals surface area contributed by atoms with Crippen LogP contribution in [0.5, 0.6) is 11.5 Å². The number of aliphatic hydroxyl groups excluding tert-OH is 1. The highest BCUT2D eigenvalue weighted by Gasteiger charge is 2.18. The average molecular weight is 336 g/mol. The number of aliphatic hydroxyl groups is 1. The number of rotatable bonds is 6. The van der Waals surface area contributed by atoms with E-state index in [0.29, 0.717) is 22.1 Å². The van der Waals surface area contributed by atoms with Crippen LogP contribution in [0.15, 0.2) is 18.2 Å². The summed E-state index contributed by atoms with van der Waals surface area (Å²) in [5.74, 6) is 1.02. The van der Waals surface area contributed by atoms with Crippen molar-refractivity contribution in [3.63, 3.8) is 0 Å². The van der Waals surface area contributed by atoms with Gasteiger partial charge in [-0.15, -0.1) is 11.3 Å². The summed E-state index contributed by atoms with van der Waals surface area (Å²) in [5.41, 5.74) is 1.51. The average Bonchev–Trinajstić information content (AvgIpc) is 2.95. The van der Waals surface area contributed by atoms with Gasteiger partial charge in [-0.05, 0) is 32.0 Å². The van der Waals surface area contributed by atoms with Crippen molar-refractivity contribution >= 4 is 17.2 Å². The predicted molar refractivity (Wildman–Crippen MR) is 89.4 cm³/mol. The van der Waals surface area contributed by atoms with Gasteiger partial charge in [-0.25, -0.2) is 4.98 Å². The normalized spacial score (nSPS) is 11.9. The molecule has 0 aliphatic carbocycles. The van der Waals surface area contributed by atoms with Gasteiger partial charge in [0.15, 0.2) is 11.5 Å². The maximum absolute atomic E-state index is 12.2. The van der Waals surface area contributed by atoms with Gasteiger partial charge in [-0.2, -0.15) is 0 Å². The Bertz CT molecular complexity index is 699. The molecule has 124 valence electrons. The number of carbonyl (C=O) groups excluding carboxylic acids is 1. The lowest BCUT2D eigenvalue weighted by atomic mass is 10.2. The van der Waals surface area contributed by atoms with E-state index in [2.05, 4.69) is 10.3 Å². The molecule has 1 atom stereocenters. The Morgan fingerprint density at radius 3 is 2.65 bits per heavy atom. The Morgan fingerprint density at radius 2 is 2.04 bits per heavy atom. The molecule has 0 spiro atoms. The van der Waals surface area contributed by atoms with Crippen molar-refractivity contribution in [2.24, 2.45) is 0 Å². The van der Waals surface area contributed by atoms with E-state index < -0.39 is 0 Å². The van der Waals surface area contributed by atoms with Crippen LogP contribution in [0.1, 0.15) is 22.3 Å². The molecule has 2 N–H and O–H groups in total. The van der Waals surface area contributed by atoms with Gasteiger partial charge in [0.2, 0.25) is 0 Å². The zero-order valence-corrected chi connectivity index (χ0v) is 14.4. The minimum Gasteiger partial charge on any atom is -0.493 e. The summed E-state index contributed by atoms with van der Waals surface area (Å²) in [7, 11) is 3.15. The Morgan fingerprint density at radius 1 is 1.35 bits per heavy atom. The summed E-state index contributed by atoms with van der Waals surface area (Å²) in [5, 5.41) is 12.5. The number of amides is 1. The molecule has 1 amide bonds. The van der Waals surface area contributed by atoms with Crippen molar-refractivity contribution < 1.29 is 19.4 Å². The number of carbonyl (C=O) groups is 1. The molecule has 6 nitrogen and oxygen atoms in total. The fourth-order valence-corrected chi connectivity index (χ4v) is 3.00. The standard InChI is InChI=1S/C16H20N2O4S/c1-9(8-19)17-15(20)14-10(2)18-16(23-14)11-5-6-12(21-3)13(7-11)22-4/h5-7,9,19H,8H2,1-4H3,(H,17,20). The highest BCUT2D eigenvalue weighted by atomic mass is 32.1. The summed E-state index contributed by atoms with van der Waals surface area (Å²) >= 11 is 1.30. The van der Waals surface area contributed by atoms with E-state index in [4.69, 9.17) is 14.6 Å². The molecule has 0 aliphatic rings. The number of hydrogen-bond donors (Lipinski definition) is 2. The third-order valence-corrected chi connectivity index (χ3v) is 4.49. The van der Waals surface area contributed by atoms with Crippen molar-refractivity contribution in [3.8, 4) is 22.1 Å². The lowest BCUT2D eigenvalue weighted by molar-refractivity contribution is 0.0925. The summed E-state index contributed by atoms with van der Waals surface area (Å²) in [6.07, 6.45) is 0. The molecule has 2 aromatic rings. The third-order valence-electron chi connectivity index (χ3n) is 3.28. The van der Waals surface area contributed by atoms with E-state index in [-0.39, 0.29) is 18.6 Å². The third kappa shape index (κ3) is 3.80. The van der Waals surface area contributed by atoms with Crippen LogP contribution in [-0.4, -0.2) is 42.9 Å². The quantitative estimate of drug-likeness (QED) is 0.846. The van der Waals surface area contributed by atoms with Crippen molar-refractivity contribution in [1.29, 1.82) is 0 Å².